The van der Waals surface area contributed by atoms with Gasteiger partial charge in [-0.15, -0.1) is 12.3 Å². The molecule has 4 aromatic carbocycles. The van der Waals surface area contributed by atoms with Crippen LogP contribution in [0.4, 0.5) is 4.39 Å². The standard InChI is InChI=1S/C35H29ClFNO6/c1-4-8-23-9-6-10-24(19-23)22-43-30-16-15-29(28(21-38-3)33(30)36)44-35(40)26-11-13-27-25(20-26)12-14-31(34(27)37)41-17-7-18-42-32(39)5-2/h1,5-6,9-16,19-21H,2,7-8,17-18,22H2,3H3. The molecule has 0 aliphatic rings. The van der Waals surface area contributed by atoms with Crippen molar-refractivity contribution in [3.8, 4) is 29.6 Å². The molecule has 0 aromatic heterocycles. The molecule has 0 bridgehead atoms. The first-order chi connectivity index (χ1) is 21.3. The number of rotatable bonds is 13. The van der Waals surface area contributed by atoms with Crippen LogP contribution in [0.2, 0.25) is 5.02 Å². The van der Waals surface area contributed by atoms with Gasteiger partial charge >= 0.3 is 11.9 Å². The first-order valence-electron chi connectivity index (χ1n) is 13.6. The van der Waals surface area contributed by atoms with Crippen LogP contribution in [-0.4, -0.2) is 38.4 Å². The van der Waals surface area contributed by atoms with Crippen molar-refractivity contribution < 1.29 is 32.9 Å². The van der Waals surface area contributed by atoms with Crippen molar-refractivity contribution >= 4 is 40.5 Å². The number of nitrogens with zero attached hydrogens (tertiary/aromatic N) is 1. The first kappa shape index (κ1) is 31.8. The number of terminal acetylenes is 1. The van der Waals surface area contributed by atoms with Crippen LogP contribution in [0.15, 0.2) is 84.4 Å². The minimum atomic E-state index is -0.664. The minimum Gasteiger partial charge on any atom is -0.490 e. The number of esters is 2. The van der Waals surface area contributed by atoms with Gasteiger partial charge in [-0.2, -0.15) is 0 Å². The van der Waals surface area contributed by atoms with Crippen molar-refractivity contribution in [3.05, 3.63) is 112 Å². The normalized spacial score (nSPS) is 10.8. The number of benzene rings is 4. The average molecular weight is 614 g/mol. The fourth-order valence-corrected chi connectivity index (χ4v) is 4.51. The molecule has 9 heteroatoms. The third-order valence-corrected chi connectivity index (χ3v) is 6.76. The van der Waals surface area contributed by atoms with E-state index in [9.17, 15) is 9.59 Å². The lowest BCUT2D eigenvalue weighted by Gasteiger charge is -2.14. The summed E-state index contributed by atoms with van der Waals surface area (Å²) in [5, 5.41) is 0.977. The Morgan fingerprint density at radius 3 is 2.55 bits per heavy atom. The van der Waals surface area contributed by atoms with Gasteiger partial charge in [-0.05, 0) is 46.8 Å². The topological polar surface area (TPSA) is 83.4 Å². The fraction of sp³-hybridized carbons (Fsp3) is 0.171. The smallest absolute Gasteiger partial charge is 0.343 e. The molecule has 0 spiro atoms. The Morgan fingerprint density at radius 2 is 1.77 bits per heavy atom. The molecule has 0 radical (unpaired) electrons. The zero-order valence-electron chi connectivity index (χ0n) is 24.0. The molecule has 0 saturated heterocycles. The van der Waals surface area contributed by atoms with E-state index in [-0.39, 0.29) is 47.3 Å². The third-order valence-electron chi connectivity index (χ3n) is 6.37. The Kier molecular flexibility index (Phi) is 11.1. The van der Waals surface area contributed by atoms with Crippen LogP contribution >= 0.6 is 11.6 Å². The lowest BCUT2D eigenvalue weighted by Crippen LogP contribution is -2.10. The molecule has 0 amide bonds. The van der Waals surface area contributed by atoms with Gasteiger partial charge in [0.2, 0.25) is 0 Å². The summed E-state index contributed by atoms with van der Waals surface area (Å²) in [5.74, 6) is 1.47. The number of hydrogen-bond acceptors (Lipinski definition) is 7. The third kappa shape index (κ3) is 8.03. The van der Waals surface area contributed by atoms with Crippen molar-refractivity contribution in [2.45, 2.75) is 19.4 Å². The summed E-state index contributed by atoms with van der Waals surface area (Å²) in [5.41, 5.74) is 2.51. The number of carbonyl (C=O) groups is 2. The van der Waals surface area contributed by atoms with E-state index in [1.807, 2.05) is 24.3 Å². The molecule has 0 saturated carbocycles. The second-order valence-electron chi connectivity index (χ2n) is 9.44. The second kappa shape index (κ2) is 15.4. The van der Waals surface area contributed by atoms with E-state index in [1.165, 1.54) is 30.5 Å². The Hall–Kier alpha value is -5.13. The average Bonchev–Trinajstić information content (AvgIpc) is 3.03. The highest BCUT2D eigenvalue weighted by Gasteiger charge is 2.18. The molecule has 0 atom stereocenters. The molecule has 0 fully saturated rings. The van der Waals surface area contributed by atoms with E-state index >= 15 is 4.39 Å². The van der Waals surface area contributed by atoms with Gasteiger partial charge < -0.3 is 18.9 Å². The summed E-state index contributed by atoms with van der Waals surface area (Å²) in [6, 6.07) is 18.5. The van der Waals surface area contributed by atoms with E-state index in [1.54, 1.807) is 25.2 Å². The fourth-order valence-electron chi connectivity index (χ4n) is 4.26. The van der Waals surface area contributed by atoms with Crippen LogP contribution in [-0.2, 0) is 22.6 Å². The molecular formula is C35H29ClFNO6. The highest BCUT2D eigenvalue weighted by atomic mass is 35.5. The van der Waals surface area contributed by atoms with Crippen molar-refractivity contribution in [2.75, 3.05) is 20.3 Å². The molecular weight excluding hydrogens is 585 g/mol. The number of ether oxygens (including phenoxy) is 4. The second-order valence-corrected chi connectivity index (χ2v) is 9.82. The Labute approximate surface area is 259 Å². The van der Waals surface area contributed by atoms with Gasteiger partial charge in [0.05, 0.1) is 29.4 Å². The van der Waals surface area contributed by atoms with Crippen LogP contribution in [0.1, 0.15) is 33.5 Å². The number of halogens is 2. The summed E-state index contributed by atoms with van der Waals surface area (Å²) in [6.45, 7) is 3.85. The zero-order chi connectivity index (χ0) is 31.5. The van der Waals surface area contributed by atoms with Crippen LogP contribution < -0.4 is 14.2 Å². The summed E-state index contributed by atoms with van der Waals surface area (Å²) in [4.78, 5) is 28.3. The van der Waals surface area contributed by atoms with Gasteiger partial charge in [0.25, 0.3) is 0 Å². The summed E-state index contributed by atoms with van der Waals surface area (Å²) in [7, 11) is 1.57. The van der Waals surface area contributed by atoms with Gasteiger partial charge in [-0.3, -0.25) is 4.99 Å². The Bertz CT molecular complexity index is 1760. The van der Waals surface area contributed by atoms with E-state index in [0.717, 1.165) is 17.2 Å². The van der Waals surface area contributed by atoms with E-state index < -0.39 is 17.8 Å². The molecule has 0 N–H and O–H groups in total. The number of hydrogen-bond donors (Lipinski definition) is 0. The molecule has 0 heterocycles. The zero-order valence-corrected chi connectivity index (χ0v) is 24.7. The lowest BCUT2D eigenvalue weighted by atomic mass is 10.1. The molecule has 224 valence electrons. The molecule has 0 aliphatic carbocycles. The maximum absolute atomic E-state index is 15.1. The summed E-state index contributed by atoms with van der Waals surface area (Å²) >= 11 is 6.64. The first-order valence-corrected chi connectivity index (χ1v) is 14.0. The molecule has 4 rings (SSSR count). The number of carbonyl (C=O) groups excluding carboxylic acids is 2. The monoisotopic (exact) mass is 613 g/mol. The Morgan fingerprint density at radius 1 is 1.00 bits per heavy atom. The van der Waals surface area contributed by atoms with Crippen molar-refractivity contribution in [2.24, 2.45) is 4.99 Å². The van der Waals surface area contributed by atoms with Crippen LogP contribution in [0, 0.1) is 18.2 Å². The quantitative estimate of drug-likeness (QED) is 0.0398. The summed E-state index contributed by atoms with van der Waals surface area (Å²) in [6.07, 6.45) is 8.86. The molecule has 44 heavy (non-hydrogen) atoms. The maximum atomic E-state index is 15.1. The van der Waals surface area contributed by atoms with Gasteiger partial charge in [-0.25, -0.2) is 14.0 Å². The highest BCUT2D eigenvalue weighted by molar-refractivity contribution is 6.35. The lowest BCUT2D eigenvalue weighted by molar-refractivity contribution is -0.137. The molecule has 0 aliphatic heterocycles. The van der Waals surface area contributed by atoms with Crippen molar-refractivity contribution in [3.63, 3.8) is 0 Å². The van der Waals surface area contributed by atoms with Crippen LogP contribution in [0.3, 0.4) is 0 Å². The SMILES string of the molecule is C#CCc1cccc(COc2ccc(OC(=O)c3ccc4c(F)c(OCCCOC(=O)C=C)ccc4c3)c(C=NC)c2Cl)c1. The van der Waals surface area contributed by atoms with Gasteiger partial charge in [0, 0.05) is 37.6 Å². The van der Waals surface area contributed by atoms with Crippen molar-refractivity contribution in [1.82, 2.24) is 0 Å². The largest absolute Gasteiger partial charge is 0.490 e. The van der Waals surface area contributed by atoms with Crippen LogP contribution in [0.25, 0.3) is 10.8 Å². The molecule has 7 nitrogen and oxygen atoms in total. The van der Waals surface area contributed by atoms with Crippen molar-refractivity contribution in [1.29, 1.82) is 0 Å². The van der Waals surface area contributed by atoms with Gasteiger partial charge in [-0.1, -0.05) is 54.6 Å². The predicted octanol–water partition coefficient (Wildman–Crippen LogP) is 7.15. The highest BCUT2D eigenvalue weighted by Crippen LogP contribution is 2.35. The maximum Gasteiger partial charge on any atom is 0.343 e. The Balaban J connectivity index is 1.45. The summed E-state index contributed by atoms with van der Waals surface area (Å²) < 4.78 is 37.1. The molecule has 4 aromatic rings. The number of aliphatic imine (C=N–C) groups is 1. The van der Waals surface area contributed by atoms with E-state index in [2.05, 4.69) is 17.5 Å². The minimum absolute atomic E-state index is 0.0450. The molecule has 0 unspecified atom stereocenters. The van der Waals surface area contributed by atoms with Gasteiger partial charge in [0.1, 0.15) is 18.1 Å². The van der Waals surface area contributed by atoms with E-state index in [0.29, 0.717) is 29.5 Å². The van der Waals surface area contributed by atoms with E-state index in [4.69, 9.17) is 37.0 Å². The van der Waals surface area contributed by atoms with Crippen LogP contribution in [0.5, 0.6) is 17.2 Å². The van der Waals surface area contributed by atoms with Gasteiger partial charge in [0.15, 0.2) is 11.6 Å². The predicted molar refractivity (Wildman–Crippen MR) is 168 cm³/mol. The number of fused-ring (bicyclic) bond motifs is 1.